The van der Waals surface area contributed by atoms with E-state index in [0.717, 1.165) is 23.3 Å². The summed E-state index contributed by atoms with van der Waals surface area (Å²) in [7, 11) is 0. The minimum absolute atomic E-state index is 0. The van der Waals surface area contributed by atoms with Crippen LogP contribution in [0.25, 0.3) is 0 Å². The van der Waals surface area contributed by atoms with Gasteiger partial charge in [0.15, 0.2) is 0 Å². The van der Waals surface area contributed by atoms with Crippen molar-refractivity contribution < 1.29 is 4.74 Å². The summed E-state index contributed by atoms with van der Waals surface area (Å²) in [4.78, 5) is 0. The maximum absolute atomic E-state index is 5.63. The second-order valence-corrected chi connectivity index (χ2v) is 5.34. The first-order valence-corrected chi connectivity index (χ1v) is 7.69. The minimum atomic E-state index is 0. The molecule has 0 atom stereocenters. The molecule has 0 radical (unpaired) electrons. The van der Waals surface area contributed by atoms with E-state index >= 15 is 0 Å². The van der Waals surface area contributed by atoms with E-state index in [1.165, 1.54) is 31.2 Å². The molecule has 110 valence electrons. The average Bonchev–Trinajstić information content (AvgIpc) is 2.37. The fraction of sp³-hybridized carbons (Fsp3) is 0.600. The molecule has 0 heterocycles. The molecule has 0 aliphatic rings. The molecule has 4 heteroatoms. The van der Waals surface area contributed by atoms with Gasteiger partial charge in [-0.25, -0.2) is 0 Å². The molecule has 0 bridgehead atoms. The standard InChI is InChI=1S/C15H24BrNO.ClH/c1-3-5-6-7-10-17-12-13-11-14(16)8-9-15(13)18-4-2;/h8-9,11,17H,3-7,10,12H2,1-2H3;1H. The third-order valence-electron chi connectivity index (χ3n) is 2.84. The van der Waals surface area contributed by atoms with Crippen LogP contribution in [0.1, 0.15) is 45.1 Å². The predicted molar refractivity (Wildman–Crippen MR) is 88.4 cm³/mol. The van der Waals surface area contributed by atoms with Gasteiger partial charge >= 0.3 is 0 Å². The summed E-state index contributed by atoms with van der Waals surface area (Å²) in [6.45, 7) is 6.93. The van der Waals surface area contributed by atoms with E-state index in [1.54, 1.807) is 0 Å². The molecule has 0 fully saturated rings. The Morgan fingerprint density at radius 2 is 1.95 bits per heavy atom. The number of nitrogens with one attached hydrogen (secondary N) is 1. The minimum Gasteiger partial charge on any atom is -0.494 e. The van der Waals surface area contributed by atoms with Gasteiger partial charge in [0.25, 0.3) is 0 Å². The highest BCUT2D eigenvalue weighted by Gasteiger charge is 2.03. The largest absolute Gasteiger partial charge is 0.494 e. The van der Waals surface area contributed by atoms with Crippen molar-refractivity contribution in [1.29, 1.82) is 0 Å². The lowest BCUT2D eigenvalue weighted by atomic mass is 10.2. The van der Waals surface area contributed by atoms with E-state index in [0.29, 0.717) is 6.61 Å². The van der Waals surface area contributed by atoms with Crippen LogP contribution in [0.15, 0.2) is 22.7 Å². The summed E-state index contributed by atoms with van der Waals surface area (Å²) in [5.41, 5.74) is 1.22. The van der Waals surface area contributed by atoms with Crippen molar-refractivity contribution in [3.8, 4) is 5.75 Å². The van der Waals surface area contributed by atoms with E-state index in [2.05, 4.69) is 34.2 Å². The van der Waals surface area contributed by atoms with Crippen LogP contribution in [0.4, 0.5) is 0 Å². The molecule has 0 saturated heterocycles. The lowest BCUT2D eigenvalue weighted by Gasteiger charge is -2.11. The van der Waals surface area contributed by atoms with Gasteiger partial charge < -0.3 is 10.1 Å². The van der Waals surface area contributed by atoms with Crippen molar-refractivity contribution in [2.75, 3.05) is 13.2 Å². The second-order valence-electron chi connectivity index (χ2n) is 4.42. The molecule has 1 aromatic rings. The fourth-order valence-electron chi connectivity index (χ4n) is 1.88. The first kappa shape index (κ1) is 18.8. The molecule has 0 saturated carbocycles. The Labute approximate surface area is 131 Å². The fourth-order valence-corrected chi connectivity index (χ4v) is 2.29. The van der Waals surface area contributed by atoms with Crippen LogP contribution >= 0.6 is 28.3 Å². The van der Waals surface area contributed by atoms with Crippen molar-refractivity contribution in [2.45, 2.75) is 46.1 Å². The molecular weight excluding hydrogens is 326 g/mol. The van der Waals surface area contributed by atoms with Gasteiger partial charge in [-0.05, 0) is 38.1 Å². The van der Waals surface area contributed by atoms with E-state index in [9.17, 15) is 0 Å². The molecule has 1 rings (SSSR count). The molecule has 0 aromatic heterocycles. The number of hydrogen-bond acceptors (Lipinski definition) is 2. The van der Waals surface area contributed by atoms with Gasteiger partial charge in [-0.2, -0.15) is 0 Å². The van der Waals surface area contributed by atoms with E-state index in [-0.39, 0.29) is 12.4 Å². The van der Waals surface area contributed by atoms with Gasteiger partial charge in [0, 0.05) is 16.6 Å². The van der Waals surface area contributed by atoms with Gasteiger partial charge in [0.2, 0.25) is 0 Å². The second kappa shape index (κ2) is 11.6. The molecule has 0 amide bonds. The normalized spacial score (nSPS) is 10.1. The van der Waals surface area contributed by atoms with Crippen molar-refractivity contribution in [2.24, 2.45) is 0 Å². The van der Waals surface area contributed by atoms with E-state index in [1.807, 2.05) is 19.1 Å². The number of ether oxygens (including phenoxy) is 1. The van der Waals surface area contributed by atoms with Crippen molar-refractivity contribution in [3.63, 3.8) is 0 Å². The molecular formula is C15H25BrClNO. The van der Waals surface area contributed by atoms with Crippen LogP contribution in [0.3, 0.4) is 0 Å². The zero-order valence-corrected chi connectivity index (χ0v) is 14.3. The maximum Gasteiger partial charge on any atom is 0.123 e. The number of benzene rings is 1. The maximum atomic E-state index is 5.63. The molecule has 1 N–H and O–H groups in total. The zero-order valence-electron chi connectivity index (χ0n) is 11.9. The van der Waals surface area contributed by atoms with Crippen LogP contribution in [-0.4, -0.2) is 13.2 Å². The first-order valence-electron chi connectivity index (χ1n) is 6.89. The number of rotatable bonds is 9. The Hall–Kier alpha value is -0.250. The molecule has 0 spiro atoms. The summed E-state index contributed by atoms with van der Waals surface area (Å²) in [6, 6.07) is 6.18. The molecule has 0 aliphatic heterocycles. The quantitative estimate of drug-likeness (QED) is 0.637. The monoisotopic (exact) mass is 349 g/mol. The van der Waals surface area contributed by atoms with Crippen molar-refractivity contribution >= 4 is 28.3 Å². The highest BCUT2D eigenvalue weighted by Crippen LogP contribution is 2.23. The van der Waals surface area contributed by atoms with Gasteiger partial charge in [0.05, 0.1) is 6.61 Å². The van der Waals surface area contributed by atoms with Gasteiger partial charge in [-0.3, -0.25) is 0 Å². The third-order valence-corrected chi connectivity index (χ3v) is 3.34. The van der Waals surface area contributed by atoms with Crippen LogP contribution in [0, 0.1) is 0 Å². The highest BCUT2D eigenvalue weighted by atomic mass is 79.9. The number of unbranched alkanes of at least 4 members (excludes halogenated alkanes) is 3. The lowest BCUT2D eigenvalue weighted by Crippen LogP contribution is -2.15. The van der Waals surface area contributed by atoms with Crippen molar-refractivity contribution in [1.82, 2.24) is 5.32 Å². The van der Waals surface area contributed by atoms with Crippen LogP contribution in [0.2, 0.25) is 0 Å². The number of hydrogen-bond donors (Lipinski definition) is 1. The summed E-state index contributed by atoms with van der Waals surface area (Å²) < 4.78 is 6.73. The average molecular weight is 351 g/mol. The van der Waals surface area contributed by atoms with Crippen LogP contribution in [0.5, 0.6) is 5.75 Å². The smallest absolute Gasteiger partial charge is 0.123 e. The summed E-state index contributed by atoms with van der Waals surface area (Å²) in [5.74, 6) is 0.988. The molecule has 2 nitrogen and oxygen atoms in total. The Bertz CT molecular complexity index is 347. The highest BCUT2D eigenvalue weighted by molar-refractivity contribution is 9.10. The van der Waals surface area contributed by atoms with Gasteiger partial charge in [0.1, 0.15) is 5.75 Å². The SMILES string of the molecule is CCCCCCNCc1cc(Br)ccc1OCC.Cl. The topological polar surface area (TPSA) is 21.3 Å². The Morgan fingerprint density at radius 3 is 2.63 bits per heavy atom. The Balaban J connectivity index is 0.00000324. The van der Waals surface area contributed by atoms with Crippen LogP contribution in [-0.2, 0) is 6.54 Å². The molecule has 1 aromatic carbocycles. The van der Waals surface area contributed by atoms with Gasteiger partial charge in [-0.15, -0.1) is 12.4 Å². The van der Waals surface area contributed by atoms with Gasteiger partial charge in [-0.1, -0.05) is 42.1 Å². The van der Waals surface area contributed by atoms with E-state index in [4.69, 9.17) is 4.74 Å². The van der Waals surface area contributed by atoms with Crippen LogP contribution < -0.4 is 10.1 Å². The summed E-state index contributed by atoms with van der Waals surface area (Å²) in [5, 5.41) is 3.49. The third kappa shape index (κ3) is 7.81. The first-order chi connectivity index (χ1) is 8.77. The predicted octanol–water partition coefficient (Wildman–Crippen LogP) is 4.94. The lowest BCUT2D eigenvalue weighted by molar-refractivity contribution is 0.335. The van der Waals surface area contributed by atoms with E-state index < -0.39 is 0 Å². The summed E-state index contributed by atoms with van der Waals surface area (Å²) in [6.07, 6.45) is 5.20. The molecule has 0 unspecified atom stereocenters. The summed E-state index contributed by atoms with van der Waals surface area (Å²) >= 11 is 3.51. The Kier molecular flexibility index (Phi) is 11.4. The van der Waals surface area contributed by atoms with Crippen molar-refractivity contribution in [3.05, 3.63) is 28.2 Å². The Morgan fingerprint density at radius 1 is 1.16 bits per heavy atom. The zero-order chi connectivity index (χ0) is 13.2. The number of halogens is 2. The molecule has 0 aliphatic carbocycles. The molecule has 19 heavy (non-hydrogen) atoms.